The molecule has 2 aromatic rings. The lowest BCUT2D eigenvalue weighted by Gasteiger charge is -2.08. The van der Waals surface area contributed by atoms with Gasteiger partial charge in [-0.1, -0.05) is 17.3 Å². The highest BCUT2D eigenvalue weighted by Gasteiger charge is 2.19. The van der Waals surface area contributed by atoms with Crippen molar-refractivity contribution < 1.29 is 23.6 Å². The molecule has 0 saturated carbocycles. The molecule has 1 heterocycles. The van der Waals surface area contributed by atoms with Gasteiger partial charge in [-0.15, -0.1) is 0 Å². The number of amides is 1. The molecular weight excluding hydrogens is 312 g/mol. The SMILES string of the molecule is Cc1cccc(OCCNC(=O)COC(=O)c2c(C)noc2C)c1. The fraction of sp³-hybridized carbons (Fsp3) is 0.353. The van der Waals surface area contributed by atoms with Gasteiger partial charge in [-0.05, 0) is 38.5 Å². The highest BCUT2D eigenvalue weighted by molar-refractivity contribution is 5.93. The smallest absolute Gasteiger partial charge is 0.344 e. The van der Waals surface area contributed by atoms with Crippen LogP contribution in [-0.2, 0) is 9.53 Å². The average molecular weight is 332 g/mol. The Morgan fingerprint density at radius 3 is 2.71 bits per heavy atom. The van der Waals surface area contributed by atoms with E-state index < -0.39 is 11.9 Å². The monoisotopic (exact) mass is 332 g/mol. The summed E-state index contributed by atoms with van der Waals surface area (Å²) in [5.74, 6) is 0.0823. The van der Waals surface area contributed by atoms with Gasteiger partial charge in [0.05, 0.1) is 12.2 Å². The third kappa shape index (κ3) is 4.84. The minimum Gasteiger partial charge on any atom is -0.492 e. The first-order chi connectivity index (χ1) is 11.5. The Bertz CT molecular complexity index is 704. The Morgan fingerprint density at radius 2 is 2.04 bits per heavy atom. The molecule has 0 saturated heterocycles. The number of nitrogens with one attached hydrogen (secondary N) is 1. The largest absolute Gasteiger partial charge is 0.492 e. The maximum Gasteiger partial charge on any atom is 0.344 e. The maximum absolute atomic E-state index is 11.9. The summed E-state index contributed by atoms with van der Waals surface area (Å²) in [6.07, 6.45) is 0. The molecule has 1 N–H and O–H groups in total. The number of aromatic nitrogens is 1. The van der Waals surface area contributed by atoms with Gasteiger partial charge in [-0.3, -0.25) is 4.79 Å². The molecule has 0 aliphatic rings. The van der Waals surface area contributed by atoms with Crippen molar-refractivity contribution in [1.82, 2.24) is 10.5 Å². The van der Waals surface area contributed by atoms with Gasteiger partial charge in [0.1, 0.15) is 23.7 Å². The van der Waals surface area contributed by atoms with Crippen molar-refractivity contribution in [3.05, 3.63) is 46.8 Å². The van der Waals surface area contributed by atoms with Crippen molar-refractivity contribution in [3.8, 4) is 5.75 Å². The molecule has 0 atom stereocenters. The minimum absolute atomic E-state index is 0.255. The molecule has 0 radical (unpaired) electrons. The number of ether oxygens (including phenoxy) is 2. The van der Waals surface area contributed by atoms with Crippen LogP contribution in [0.5, 0.6) is 5.75 Å². The molecule has 0 spiro atoms. The second-order valence-corrected chi connectivity index (χ2v) is 5.29. The van der Waals surface area contributed by atoms with Crippen LogP contribution in [0.15, 0.2) is 28.8 Å². The predicted octanol–water partition coefficient (Wildman–Crippen LogP) is 1.95. The van der Waals surface area contributed by atoms with E-state index in [1.165, 1.54) is 0 Å². The summed E-state index contributed by atoms with van der Waals surface area (Å²) in [7, 11) is 0. The Morgan fingerprint density at radius 1 is 1.25 bits per heavy atom. The number of hydrogen-bond donors (Lipinski definition) is 1. The van der Waals surface area contributed by atoms with Gasteiger partial charge < -0.3 is 19.3 Å². The summed E-state index contributed by atoms with van der Waals surface area (Å²) in [6, 6.07) is 7.63. The van der Waals surface area contributed by atoms with E-state index in [-0.39, 0.29) is 12.2 Å². The highest BCUT2D eigenvalue weighted by atomic mass is 16.5. The first-order valence-electron chi connectivity index (χ1n) is 7.53. The third-order valence-corrected chi connectivity index (χ3v) is 3.25. The summed E-state index contributed by atoms with van der Waals surface area (Å²) in [5, 5.41) is 6.28. The lowest BCUT2D eigenvalue weighted by Crippen LogP contribution is -2.32. The van der Waals surface area contributed by atoms with E-state index in [1.807, 2.05) is 31.2 Å². The van der Waals surface area contributed by atoms with E-state index in [0.717, 1.165) is 11.3 Å². The maximum atomic E-state index is 11.9. The summed E-state index contributed by atoms with van der Waals surface area (Å²) < 4.78 is 15.3. The lowest BCUT2D eigenvalue weighted by molar-refractivity contribution is -0.124. The zero-order chi connectivity index (χ0) is 17.5. The number of hydrogen-bond acceptors (Lipinski definition) is 6. The molecule has 2 rings (SSSR count). The number of esters is 1. The lowest BCUT2D eigenvalue weighted by atomic mass is 10.2. The van der Waals surface area contributed by atoms with Gasteiger partial charge in [-0.2, -0.15) is 0 Å². The van der Waals surface area contributed by atoms with Crippen molar-refractivity contribution >= 4 is 11.9 Å². The van der Waals surface area contributed by atoms with Crippen molar-refractivity contribution in [2.75, 3.05) is 19.8 Å². The molecule has 7 heteroatoms. The fourth-order valence-corrected chi connectivity index (χ4v) is 2.09. The van der Waals surface area contributed by atoms with Crippen molar-refractivity contribution in [3.63, 3.8) is 0 Å². The zero-order valence-electron chi connectivity index (χ0n) is 13.9. The van der Waals surface area contributed by atoms with Gasteiger partial charge in [-0.25, -0.2) is 4.79 Å². The summed E-state index contributed by atoms with van der Waals surface area (Å²) in [4.78, 5) is 23.5. The van der Waals surface area contributed by atoms with E-state index in [9.17, 15) is 9.59 Å². The predicted molar refractivity (Wildman–Crippen MR) is 85.9 cm³/mol. The van der Waals surface area contributed by atoms with E-state index in [0.29, 0.717) is 24.6 Å². The molecule has 0 aliphatic heterocycles. The average Bonchev–Trinajstić information content (AvgIpc) is 2.88. The van der Waals surface area contributed by atoms with Crippen LogP contribution >= 0.6 is 0 Å². The van der Waals surface area contributed by atoms with Gasteiger partial charge in [0.2, 0.25) is 0 Å². The summed E-state index contributed by atoms with van der Waals surface area (Å²) in [5.41, 5.74) is 1.79. The van der Waals surface area contributed by atoms with Crippen LogP contribution in [0.1, 0.15) is 27.4 Å². The Hall–Kier alpha value is -2.83. The zero-order valence-corrected chi connectivity index (χ0v) is 13.9. The number of aryl methyl sites for hydroxylation is 3. The molecule has 24 heavy (non-hydrogen) atoms. The van der Waals surface area contributed by atoms with E-state index >= 15 is 0 Å². The number of carbonyl (C=O) groups excluding carboxylic acids is 2. The van der Waals surface area contributed by atoms with Crippen molar-refractivity contribution in [2.45, 2.75) is 20.8 Å². The molecule has 1 aromatic heterocycles. The van der Waals surface area contributed by atoms with E-state index in [4.69, 9.17) is 14.0 Å². The molecule has 0 fully saturated rings. The van der Waals surface area contributed by atoms with Crippen molar-refractivity contribution in [2.24, 2.45) is 0 Å². The van der Waals surface area contributed by atoms with Gasteiger partial charge in [0.25, 0.3) is 5.91 Å². The van der Waals surface area contributed by atoms with Crippen LogP contribution in [0.25, 0.3) is 0 Å². The van der Waals surface area contributed by atoms with Crippen molar-refractivity contribution in [1.29, 1.82) is 0 Å². The molecular formula is C17H20N2O5. The van der Waals surface area contributed by atoms with Crippen LogP contribution in [0, 0.1) is 20.8 Å². The molecule has 7 nitrogen and oxygen atoms in total. The van der Waals surface area contributed by atoms with Crippen LogP contribution in [0.2, 0.25) is 0 Å². The molecule has 1 aromatic carbocycles. The second-order valence-electron chi connectivity index (χ2n) is 5.29. The quantitative estimate of drug-likeness (QED) is 0.615. The van der Waals surface area contributed by atoms with E-state index in [1.54, 1.807) is 13.8 Å². The first-order valence-corrected chi connectivity index (χ1v) is 7.53. The molecule has 128 valence electrons. The van der Waals surface area contributed by atoms with Gasteiger partial charge in [0.15, 0.2) is 6.61 Å². The Labute approximate surface area is 139 Å². The standard InChI is InChI=1S/C17H20N2O5/c1-11-5-4-6-14(9-11)22-8-7-18-15(20)10-23-17(21)16-12(2)19-24-13(16)3/h4-6,9H,7-8,10H2,1-3H3,(H,18,20). The second kappa shape index (κ2) is 8.14. The summed E-state index contributed by atoms with van der Waals surface area (Å²) in [6.45, 7) is 5.49. The number of rotatable bonds is 7. The van der Waals surface area contributed by atoms with Gasteiger partial charge in [0, 0.05) is 0 Å². The molecule has 1 amide bonds. The molecule has 0 aliphatic carbocycles. The number of carbonyl (C=O) groups is 2. The summed E-state index contributed by atoms with van der Waals surface area (Å²) >= 11 is 0. The Balaban J connectivity index is 1.67. The normalized spacial score (nSPS) is 10.3. The Kier molecular flexibility index (Phi) is 5.95. The number of nitrogens with zero attached hydrogens (tertiary/aromatic N) is 1. The molecule has 0 bridgehead atoms. The van der Waals surface area contributed by atoms with Gasteiger partial charge >= 0.3 is 5.97 Å². The molecule has 0 unspecified atom stereocenters. The topological polar surface area (TPSA) is 90.7 Å². The third-order valence-electron chi connectivity index (χ3n) is 3.25. The minimum atomic E-state index is -0.627. The first kappa shape index (κ1) is 17.5. The van der Waals surface area contributed by atoms with Crippen LogP contribution in [0.3, 0.4) is 0 Å². The van der Waals surface area contributed by atoms with Crippen LogP contribution in [0.4, 0.5) is 0 Å². The fourth-order valence-electron chi connectivity index (χ4n) is 2.09. The highest BCUT2D eigenvalue weighted by Crippen LogP contribution is 2.13. The van der Waals surface area contributed by atoms with Crippen LogP contribution in [-0.4, -0.2) is 36.8 Å². The number of benzene rings is 1. The van der Waals surface area contributed by atoms with E-state index in [2.05, 4.69) is 10.5 Å². The van der Waals surface area contributed by atoms with Crippen LogP contribution < -0.4 is 10.1 Å².